The number of rotatable bonds is 6. The molecule has 0 fully saturated rings. The van der Waals surface area contributed by atoms with Gasteiger partial charge < -0.3 is 16.2 Å². The second-order valence-corrected chi connectivity index (χ2v) is 6.89. The Morgan fingerprint density at radius 3 is 2.55 bits per heavy atom. The molecule has 0 aliphatic carbocycles. The van der Waals surface area contributed by atoms with Crippen LogP contribution in [-0.2, 0) is 13.2 Å². The van der Waals surface area contributed by atoms with Crippen LogP contribution in [-0.4, -0.2) is 10.5 Å². The van der Waals surface area contributed by atoms with Crippen molar-refractivity contribution >= 4 is 21.8 Å². The van der Waals surface area contributed by atoms with Gasteiger partial charge in [0.15, 0.2) is 0 Å². The molecule has 3 aromatic rings. The van der Waals surface area contributed by atoms with Crippen LogP contribution >= 0.6 is 15.9 Å². The number of nitrogens with two attached hydrogens (primary N) is 2. The number of primary amides is 1. The molecular weight excluding hydrogens is 448 g/mol. The molecule has 0 radical (unpaired) electrons. The first-order chi connectivity index (χ1) is 13.8. The number of hydrogen-bond acceptors (Lipinski definition) is 4. The monoisotopic (exact) mass is 463 g/mol. The zero-order valence-electron chi connectivity index (χ0n) is 15.0. The molecule has 0 unspecified atom stereocenters. The van der Waals surface area contributed by atoms with Crippen LogP contribution in [0.15, 0.2) is 57.8 Å². The van der Waals surface area contributed by atoms with Gasteiger partial charge in [0.2, 0.25) is 5.91 Å². The van der Waals surface area contributed by atoms with Gasteiger partial charge in [-0.2, -0.15) is 0 Å². The van der Waals surface area contributed by atoms with Crippen molar-refractivity contribution in [2.75, 3.05) is 0 Å². The van der Waals surface area contributed by atoms with Crippen LogP contribution in [0.4, 0.5) is 8.78 Å². The highest BCUT2D eigenvalue weighted by Crippen LogP contribution is 2.26. The maximum atomic E-state index is 13.8. The molecule has 29 heavy (non-hydrogen) atoms. The Labute approximate surface area is 172 Å². The van der Waals surface area contributed by atoms with Gasteiger partial charge in [0.05, 0.1) is 0 Å². The second-order valence-electron chi connectivity index (χ2n) is 6.10. The number of nitrogens with zero attached hydrogens (tertiary/aromatic N) is 1. The fourth-order valence-electron chi connectivity index (χ4n) is 2.74. The molecule has 0 spiro atoms. The van der Waals surface area contributed by atoms with Gasteiger partial charge in [0.25, 0.3) is 5.56 Å². The highest BCUT2D eigenvalue weighted by Gasteiger charge is 2.16. The summed E-state index contributed by atoms with van der Waals surface area (Å²) in [5.41, 5.74) is 11.8. The average Bonchev–Trinajstić information content (AvgIpc) is 2.70. The minimum atomic E-state index is -0.753. The van der Waals surface area contributed by atoms with Gasteiger partial charge in [-0.15, -0.1) is 0 Å². The first-order valence-corrected chi connectivity index (χ1v) is 9.22. The Kier molecular flexibility index (Phi) is 6.09. The first-order valence-electron chi connectivity index (χ1n) is 8.43. The van der Waals surface area contributed by atoms with E-state index < -0.39 is 23.1 Å². The molecule has 0 saturated heterocycles. The van der Waals surface area contributed by atoms with E-state index in [1.165, 1.54) is 28.8 Å². The lowest BCUT2D eigenvalue weighted by atomic mass is 10.1. The van der Waals surface area contributed by atoms with Crippen LogP contribution < -0.4 is 21.8 Å². The van der Waals surface area contributed by atoms with Crippen molar-refractivity contribution < 1.29 is 18.3 Å². The molecule has 2 aromatic carbocycles. The fraction of sp³-hybridized carbons (Fsp3) is 0.100. The minimum absolute atomic E-state index is 0.00934. The summed E-state index contributed by atoms with van der Waals surface area (Å²) in [6.07, 6.45) is 0. The molecule has 0 aliphatic rings. The van der Waals surface area contributed by atoms with Crippen molar-refractivity contribution in [1.29, 1.82) is 0 Å². The summed E-state index contributed by atoms with van der Waals surface area (Å²) in [5, 5.41) is 0. The minimum Gasteiger partial charge on any atom is -0.487 e. The summed E-state index contributed by atoms with van der Waals surface area (Å²) < 4.78 is 33.8. The normalized spacial score (nSPS) is 10.8. The van der Waals surface area contributed by atoms with Crippen LogP contribution in [0.2, 0.25) is 0 Å². The molecule has 0 atom stereocenters. The lowest BCUT2D eigenvalue weighted by Crippen LogP contribution is -2.25. The van der Waals surface area contributed by atoms with Gasteiger partial charge in [0, 0.05) is 41.2 Å². The SMILES string of the molecule is NCc1cc(OCc2ccc(F)cc2F)c(Br)c(=O)n1-c1cccc(C(N)=O)c1. The number of pyridine rings is 1. The Balaban J connectivity index is 2.00. The topological polar surface area (TPSA) is 100 Å². The number of hydrogen-bond donors (Lipinski definition) is 2. The van der Waals surface area contributed by atoms with E-state index >= 15 is 0 Å². The Morgan fingerprint density at radius 2 is 1.90 bits per heavy atom. The summed E-state index contributed by atoms with van der Waals surface area (Å²) in [4.78, 5) is 24.4. The molecule has 4 N–H and O–H groups in total. The van der Waals surface area contributed by atoms with Crippen molar-refractivity contribution in [3.63, 3.8) is 0 Å². The summed E-state index contributed by atoms with van der Waals surface area (Å²) in [6.45, 7) is -0.222. The summed E-state index contributed by atoms with van der Waals surface area (Å²) in [7, 11) is 0. The molecule has 6 nitrogen and oxygen atoms in total. The third-order valence-corrected chi connectivity index (χ3v) is 4.92. The van der Waals surface area contributed by atoms with E-state index in [-0.39, 0.29) is 34.5 Å². The smallest absolute Gasteiger partial charge is 0.273 e. The number of amides is 1. The van der Waals surface area contributed by atoms with Crippen molar-refractivity contribution in [3.8, 4) is 11.4 Å². The highest BCUT2D eigenvalue weighted by molar-refractivity contribution is 9.10. The Hall–Kier alpha value is -3.04. The lowest BCUT2D eigenvalue weighted by molar-refractivity contribution is 0.1000. The van der Waals surface area contributed by atoms with Crippen molar-refractivity contribution in [2.24, 2.45) is 11.5 Å². The third-order valence-electron chi connectivity index (χ3n) is 4.19. The van der Waals surface area contributed by atoms with Crippen LogP contribution in [0, 0.1) is 11.6 Å². The van der Waals surface area contributed by atoms with E-state index in [1.54, 1.807) is 12.1 Å². The standard InChI is InChI=1S/C20H16BrF2N3O3/c21-18-17(29-10-12-4-5-13(22)7-16(12)23)8-15(9-24)26(20(18)28)14-3-1-2-11(6-14)19(25)27/h1-8H,9-10,24H2,(H2,25,27). The summed E-state index contributed by atoms with van der Waals surface area (Å²) >= 11 is 3.20. The molecule has 0 saturated carbocycles. The van der Waals surface area contributed by atoms with E-state index in [0.717, 1.165) is 12.1 Å². The second kappa shape index (κ2) is 8.54. The van der Waals surface area contributed by atoms with E-state index in [9.17, 15) is 18.4 Å². The number of carbonyl (C=O) groups excluding carboxylic acids is 1. The number of halogens is 3. The quantitative estimate of drug-likeness (QED) is 0.586. The summed E-state index contributed by atoms with van der Waals surface area (Å²) in [6, 6.07) is 10.9. The van der Waals surface area contributed by atoms with Crippen molar-refractivity contribution in [3.05, 3.63) is 91.8 Å². The molecule has 0 aliphatic heterocycles. The fourth-order valence-corrected chi connectivity index (χ4v) is 3.15. The molecular formula is C20H16BrF2N3O3. The molecule has 9 heteroatoms. The van der Waals surface area contributed by atoms with Gasteiger partial charge in [-0.05, 0) is 46.3 Å². The molecule has 0 bridgehead atoms. The highest BCUT2D eigenvalue weighted by atomic mass is 79.9. The number of benzene rings is 2. The molecule has 1 aromatic heterocycles. The maximum Gasteiger partial charge on any atom is 0.273 e. The van der Waals surface area contributed by atoms with Crippen LogP contribution in [0.25, 0.3) is 5.69 Å². The molecule has 150 valence electrons. The van der Waals surface area contributed by atoms with Crippen molar-refractivity contribution in [1.82, 2.24) is 4.57 Å². The predicted octanol–water partition coefficient (Wildman–Crippen LogP) is 3.01. The van der Waals surface area contributed by atoms with Gasteiger partial charge in [-0.1, -0.05) is 6.07 Å². The van der Waals surface area contributed by atoms with Crippen LogP contribution in [0.3, 0.4) is 0 Å². The average molecular weight is 464 g/mol. The van der Waals surface area contributed by atoms with Gasteiger partial charge >= 0.3 is 0 Å². The Morgan fingerprint density at radius 1 is 1.14 bits per heavy atom. The van der Waals surface area contributed by atoms with Gasteiger partial charge in [0.1, 0.15) is 28.5 Å². The van der Waals surface area contributed by atoms with Gasteiger partial charge in [-0.3, -0.25) is 14.2 Å². The summed E-state index contributed by atoms with van der Waals surface area (Å²) in [5.74, 6) is -1.92. The van der Waals surface area contributed by atoms with Gasteiger partial charge in [-0.25, -0.2) is 8.78 Å². The van der Waals surface area contributed by atoms with E-state index in [4.69, 9.17) is 16.2 Å². The number of ether oxygens (including phenoxy) is 1. The number of carbonyl (C=O) groups is 1. The maximum absolute atomic E-state index is 13.8. The predicted molar refractivity (Wildman–Crippen MR) is 107 cm³/mol. The lowest BCUT2D eigenvalue weighted by Gasteiger charge is -2.16. The zero-order valence-corrected chi connectivity index (χ0v) is 16.6. The largest absolute Gasteiger partial charge is 0.487 e. The Bertz CT molecular complexity index is 1150. The van der Waals surface area contributed by atoms with E-state index in [0.29, 0.717) is 11.4 Å². The molecule has 1 heterocycles. The number of aromatic nitrogens is 1. The molecule has 3 rings (SSSR count). The van der Waals surface area contributed by atoms with Crippen LogP contribution in [0.1, 0.15) is 21.6 Å². The van der Waals surface area contributed by atoms with E-state index in [1.807, 2.05) is 0 Å². The van der Waals surface area contributed by atoms with Crippen molar-refractivity contribution in [2.45, 2.75) is 13.2 Å². The van der Waals surface area contributed by atoms with Crippen LogP contribution in [0.5, 0.6) is 5.75 Å². The molecule has 1 amide bonds. The first kappa shape index (κ1) is 20.7. The third kappa shape index (κ3) is 4.36. The van der Waals surface area contributed by atoms with E-state index in [2.05, 4.69) is 15.9 Å². The zero-order chi connectivity index (χ0) is 21.1.